The zero-order valence-corrected chi connectivity index (χ0v) is 65.7. The molecule has 0 aromatic heterocycles. The van der Waals surface area contributed by atoms with Gasteiger partial charge in [0.15, 0.2) is 0 Å². The normalized spacial score (nSPS) is 11.7. The van der Waals surface area contributed by atoms with E-state index in [-0.39, 0.29) is 0 Å². The molecule has 0 spiro atoms. The van der Waals surface area contributed by atoms with Gasteiger partial charge in [-0.05, 0) is 179 Å². The molecule has 0 aliphatic heterocycles. The van der Waals surface area contributed by atoms with Gasteiger partial charge in [0.1, 0.15) is 0 Å². The first-order chi connectivity index (χ1) is 47.7. The Balaban J connectivity index is 0.000000171. The van der Waals surface area contributed by atoms with E-state index >= 15 is 0 Å². The number of rotatable bonds is 32. The molecule has 2 N–H and O–H groups in total. The summed E-state index contributed by atoms with van der Waals surface area (Å²) in [5.41, 5.74) is 13.7. The summed E-state index contributed by atoms with van der Waals surface area (Å²) >= 11 is 29.0. The van der Waals surface area contributed by atoms with Gasteiger partial charge in [0.25, 0.3) is 0 Å². The average molecular weight is 1550 g/mol. The molecule has 1 fully saturated rings. The Hall–Kier alpha value is -4.59. The maximum Gasteiger partial charge on any atom is 0.0547 e. The summed E-state index contributed by atoms with van der Waals surface area (Å²) in [5.74, 6) is 6.77. The third-order valence-electron chi connectivity index (χ3n) is 15.7. The van der Waals surface area contributed by atoms with Crippen LogP contribution in [0, 0.1) is 5.92 Å². The third-order valence-corrected chi connectivity index (χ3v) is 24.5. The lowest BCUT2D eigenvalue weighted by molar-refractivity contribution is 0.665. The highest BCUT2D eigenvalue weighted by atomic mass is 79.9. The molecule has 0 unspecified atom stereocenters. The zero-order chi connectivity index (χ0) is 68.3. The van der Waals surface area contributed by atoms with E-state index in [1.165, 1.54) is 119 Å². The first-order valence-corrected chi connectivity index (χ1v) is 42.1. The maximum atomic E-state index is 5.96. The van der Waals surface area contributed by atoms with Gasteiger partial charge in [0.05, 0.1) is 26.2 Å². The van der Waals surface area contributed by atoms with Gasteiger partial charge in [-0.15, -0.1) is 58.8 Å². The van der Waals surface area contributed by atoms with Crippen molar-refractivity contribution in [1.82, 2.24) is 10.6 Å². The van der Waals surface area contributed by atoms with Crippen molar-refractivity contribution in [3.63, 3.8) is 0 Å². The van der Waals surface area contributed by atoms with Crippen molar-refractivity contribution in [1.29, 1.82) is 0 Å². The molecule has 0 radical (unpaired) electrons. The molecular formula is C86H98Br2Cl2N2S5. The predicted octanol–water partition coefficient (Wildman–Crippen LogP) is 27.0. The van der Waals surface area contributed by atoms with Crippen molar-refractivity contribution in [3.8, 4) is 0 Å². The summed E-state index contributed by atoms with van der Waals surface area (Å²) in [6.45, 7) is 13.4. The molecule has 1 aliphatic rings. The van der Waals surface area contributed by atoms with Crippen LogP contribution in [0.4, 0.5) is 0 Å². The molecule has 510 valence electrons. The van der Waals surface area contributed by atoms with Crippen LogP contribution in [0.25, 0.3) is 0 Å². The molecule has 10 aromatic carbocycles. The molecule has 2 nitrogen and oxygen atoms in total. The molecule has 0 heterocycles. The van der Waals surface area contributed by atoms with Gasteiger partial charge in [0, 0.05) is 43.6 Å². The Morgan fingerprint density at radius 2 is 0.536 bits per heavy atom. The minimum absolute atomic E-state index is 0.342. The zero-order valence-electron chi connectivity index (χ0n) is 56.9. The lowest BCUT2D eigenvalue weighted by Crippen LogP contribution is -2.20. The fraction of sp³-hybridized carbons (Fsp3) is 0.302. The maximum absolute atomic E-state index is 5.96. The van der Waals surface area contributed by atoms with Crippen molar-refractivity contribution < 1.29 is 0 Å². The molecule has 10 aromatic rings. The number of thioether (sulfide) groups is 5. The van der Waals surface area contributed by atoms with Crippen molar-refractivity contribution in [2.45, 2.75) is 98.9 Å². The second-order valence-electron chi connectivity index (χ2n) is 23.7. The van der Waals surface area contributed by atoms with Crippen molar-refractivity contribution in [2.75, 3.05) is 54.9 Å². The number of hydrogen-bond donors (Lipinski definition) is 2. The van der Waals surface area contributed by atoms with Crippen molar-refractivity contribution in [3.05, 3.63) is 354 Å². The van der Waals surface area contributed by atoms with Crippen LogP contribution in [-0.4, -0.2) is 54.9 Å². The largest absolute Gasteiger partial charge is 0.316 e. The first-order valence-electron chi connectivity index (χ1n) is 34.5. The van der Waals surface area contributed by atoms with Crippen molar-refractivity contribution >= 4 is 114 Å². The fourth-order valence-corrected chi connectivity index (χ4v) is 17.2. The summed E-state index contributed by atoms with van der Waals surface area (Å²) in [6.07, 6.45) is 8.98. The third kappa shape index (κ3) is 30.6. The number of hydrogen-bond acceptors (Lipinski definition) is 7. The second-order valence-corrected chi connectivity index (χ2v) is 32.4. The second kappa shape index (κ2) is 48.3. The standard InChI is InChI=1S/C19H23NS.C19H25NS.C16H16Br2S.C16H16Cl2S.C16H18S/c1-3-7-17(8-4-1)19(18-9-5-2-6-10-18)21-14-13-20-15-16-11-12-16;1-2-3-14-20-15-16-21-19(17-10-6-4-7-11-17)18-12-8-5-9-13-18;2*1-2-11-19-16(12-3-7-14(17)8-4-12)13-5-9-15(18)10-6-13;1-2-13-17-16(14-9-5-3-6-10-14)15-11-7-4-8-12-15/h1-10,16,19-20H,11-15H2;4-13,19-20H,2-3,14-16H2,1H3;2*3-10,16H,2,11H2,1H3;3-12,16H,2,13H2,1H3. The monoisotopic (exact) mass is 1550 g/mol. The van der Waals surface area contributed by atoms with E-state index in [9.17, 15) is 0 Å². The molecule has 1 aliphatic carbocycles. The topological polar surface area (TPSA) is 24.1 Å². The minimum Gasteiger partial charge on any atom is -0.316 e. The lowest BCUT2D eigenvalue weighted by Gasteiger charge is -2.18. The fourth-order valence-electron chi connectivity index (χ4n) is 10.5. The highest BCUT2D eigenvalue weighted by Gasteiger charge is 2.21. The van der Waals surface area contributed by atoms with Crippen LogP contribution in [0.3, 0.4) is 0 Å². The molecule has 0 bridgehead atoms. The Morgan fingerprint density at radius 1 is 0.299 bits per heavy atom. The summed E-state index contributed by atoms with van der Waals surface area (Å²) in [4.78, 5) is 0. The van der Waals surface area contributed by atoms with E-state index in [0.717, 1.165) is 61.8 Å². The molecule has 0 amide bonds. The van der Waals surface area contributed by atoms with E-state index < -0.39 is 0 Å². The predicted molar refractivity (Wildman–Crippen MR) is 446 cm³/mol. The summed E-state index contributed by atoms with van der Waals surface area (Å²) < 4.78 is 2.26. The van der Waals surface area contributed by atoms with Crippen LogP contribution in [0.2, 0.25) is 10.0 Å². The highest BCUT2D eigenvalue weighted by molar-refractivity contribution is 9.10. The Bertz CT molecular complexity index is 3260. The number of nitrogens with one attached hydrogen (secondary N) is 2. The smallest absolute Gasteiger partial charge is 0.0547 e. The SMILES string of the molecule is CCCCNCCSC(c1ccccc1)c1ccccc1.CCCSC(c1ccc(Br)cc1)c1ccc(Br)cc1.CCCSC(c1ccc(Cl)cc1)c1ccc(Cl)cc1.CCCSC(c1ccccc1)c1ccccc1.c1ccc(C(SCCNCC2CC2)c2ccccc2)cc1. The number of halogens is 4. The number of benzene rings is 10. The molecule has 1 saturated carbocycles. The first kappa shape index (κ1) is 79.7. The Morgan fingerprint density at radius 3 is 0.784 bits per heavy atom. The van der Waals surface area contributed by atoms with E-state index in [4.69, 9.17) is 23.2 Å². The Labute approximate surface area is 632 Å². The molecule has 97 heavy (non-hydrogen) atoms. The average Bonchev–Trinajstić information content (AvgIpc) is 1.60. The van der Waals surface area contributed by atoms with Crippen LogP contribution >= 0.6 is 114 Å². The summed E-state index contributed by atoms with van der Waals surface area (Å²) in [5, 5.41) is 10.8. The van der Waals surface area contributed by atoms with Gasteiger partial charge < -0.3 is 10.6 Å². The quantitative estimate of drug-likeness (QED) is 0.0405. The molecule has 0 atom stereocenters. The van der Waals surface area contributed by atoms with Gasteiger partial charge in [-0.3, -0.25) is 0 Å². The van der Waals surface area contributed by atoms with Gasteiger partial charge in [-0.1, -0.05) is 320 Å². The molecular weight excluding hydrogens is 1450 g/mol. The number of unbranched alkanes of at least 4 members (excludes halogenated alkanes) is 1. The van der Waals surface area contributed by atoms with Gasteiger partial charge >= 0.3 is 0 Å². The molecule has 11 rings (SSSR count). The van der Waals surface area contributed by atoms with Gasteiger partial charge in [-0.25, -0.2) is 0 Å². The van der Waals surface area contributed by atoms with E-state index in [0.29, 0.717) is 26.2 Å². The van der Waals surface area contributed by atoms with Crippen LogP contribution in [0.5, 0.6) is 0 Å². The Kier molecular flexibility index (Phi) is 39.7. The van der Waals surface area contributed by atoms with Crippen LogP contribution in [0.1, 0.15) is 155 Å². The van der Waals surface area contributed by atoms with Crippen LogP contribution < -0.4 is 10.6 Å². The van der Waals surface area contributed by atoms with E-state index in [1.807, 2.05) is 83.1 Å². The van der Waals surface area contributed by atoms with Crippen molar-refractivity contribution in [2.24, 2.45) is 5.92 Å². The molecule has 0 saturated heterocycles. The van der Waals surface area contributed by atoms with Gasteiger partial charge in [0.2, 0.25) is 0 Å². The molecule has 11 heteroatoms. The van der Waals surface area contributed by atoms with E-state index in [2.05, 4.69) is 325 Å². The summed E-state index contributed by atoms with van der Waals surface area (Å²) in [7, 11) is 0. The minimum atomic E-state index is 0.342. The van der Waals surface area contributed by atoms with Crippen LogP contribution in [0.15, 0.2) is 288 Å². The van der Waals surface area contributed by atoms with Gasteiger partial charge in [-0.2, -0.15) is 0 Å². The summed E-state index contributed by atoms with van der Waals surface area (Å²) in [6, 6.07) is 98.4. The lowest BCUT2D eigenvalue weighted by atomic mass is 10.0. The highest BCUT2D eigenvalue weighted by Crippen LogP contribution is 2.41. The van der Waals surface area contributed by atoms with E-state index in [1.54, 1.807) is 0 Å². The van der Waals surface area contributed by atoms with Crippen LogP contribution in [-0.2, 0) is 0 Å².